The molecule has 0 saturated carbocycles. The van der Waals surface area contributed by atoms with Crippen LogP contribution in [-0.4, -0.2) is 17.6 Å². The minimum Gasteiger partial charge on any atom is -0.481 e. The zero-order valence-electron chi connectivity index (χ0n) is 13.0. The van der Waals surface area contributed by atoms with E-state index in [0.29, 0.717) is 0 Å². The van der Waals surface area contributed by atoms with Gasteiger partial charge in [0.25, 0.3) is 5.91 Å². The molecule has 0 aromatic heterocycles. The molecule has 1 aliphatic carbocycles. The monoisotopic (exact) mass is 275 g/mol. The van der Waals surface area contributed by atoms with Crippen LogP contribution in [0.2, 0.25) is 0 Å². The van der Waals surface area contributed by atoms with E-state index in [9.17, 15) is 4.79 Å². The molecule has 20 heavy (non-hydrogen) atoms. The summed E-state index contributed by atoms with van der Waals surface area (Å²) in [6.45, 7) is 7.70. The minimum atomic E-state index is -0.476. The van der Waals surface area contributed by atoms with Gasteiger partial charge in [0.15, 0.2) is 6.10 Å². The van der Waals surface area contributed by atoms with Crippen LogP contribution in [0.3, 0.4) is 0 Å². The Hall–Kier alpha value is -1.51. The number of amides is 1. The van der Waals surface area contributed by atoms with E-state index in [4.69, 9.17) is 4.74 Å². The number of hydrogen-bond acceptors (Lipinski definition) is 2. The number of ether oxygens (including phenoxy) is 1. The molecule has 1 aromatic carbocycles. The summed E-state index contributed by atoms with van der Waals surface area (Å²) in [6, 6.07) is 6.21. The molecule has 0 radical (unpaired) electrons. The number of fused-ring (bicyclic) bond motifs is 1. The van der Waals surface area contributed by atoms with Crippen molar-refractivity contribution in [1.82, 2.24) is 5.32 Å². The molecular weight excluding hydrogens is 250 g/mol. The van der Waals surface area contributed by atoms with Crippen molar-refractivity contribution in [3.05, 3.63) is 29.3 Å². The maximum atomic E-state index is 12.0. The van der Waals surface area contributed by atoms with Gasteiger partial charge in [-0.2, -0.15) is 0 Å². The SMILES string of the molecule is CC(Oc1ccc2c(c1)CCCC2)C(=O)NC(C)(C)C. The number of benzene rings is 1. The van der Waals surface area contributed by atoms with Gasteiger partial charge in [-0.25, -0.2) is 0 Å². The Bertz CT molecular complexity index is 488. The lowest BCUT2D eigenvalue weighted by atomic mass is 9.92. The molecule has 2 rings (SSSR count). The minimum absolute atomic E-state index is 0.0739. The van der Waals surface area contributed by atoms with Crippen molar-refractivity contribution in [3.8, 4) is 5.75 Å². The van der Waals surface area contributed by atoms with Crippen LogP contribution in [0.1, 0.15) is 51.7 Å². The third kappa shape index (κ3) is 3.99. The normalized spacial score (nSPS) is 16.2. The van der Waals surface area contributed by atoms with E-state index < -0.39 is 6.10 Å². The van der Waals surface area contributed by atoms with Gasteiger partial charge in [-0.1, -0.05) is 6.07 Å². The smallest absolute Gasteiger partial charge is 0.261 e. The molecule has 3 nitrogen and oxygen atoms in total. The van der Waals surface area contributed by atoms with Gasteiger partial charge in [-0.05, 0) is 76.6 Å². The molecule has 1 aromatic rings. The Labute approximate surface area is 121 Å². The molecular formula is C17H25NO2. The van der Waals surface area contributed by atoms with Gasteiger partial charge in [0.1, 0.15) is 5.75 Å². The van der Waals surface area contributed by atoms with E-state index in [2.05, 4.69) is 17.4 Å². The predicted octanol–water partition coefficient (Wildman–Crippen LogP) is 3.25. The highest BCUT2D eigenvalue weighted by atomic mass is 16.5. The average Bonchev–Trinajstić information content (AvgIpc) is 2.36. The molecule has 0 spiro atoms. The van der Waals surface area contributed by atoms with Crippen molar-refractivity contribution >= 4 is 5.91 Å². The van der Waals surface area contributed by atoms with Crippen molar-refractivity contribution < 1.29 is 9.53 Å². The summed E-state index contributed by atoms with van der Waals surface area (Å²) < 4.78 is 5.78. The van der Waals surface area contributed by atoms with Crippen LogP contribution < -0.4 is 10.1 Å². The zero-order valence-corrected chi connectivity index (χ0v) is 13.0. The first kappa shape index (κ1) is 14.9. The standard InChI is InChI=1S/C17H25NO2/c1-12(16(19)18-17(2,3)4)20-15-10-9-13-7-5-6-8-14(13)11-15/h9-12H,5-8H2,1-4H3,(H,18,19). The van der Waals surface area contributed by atoms with Crippen molar-refractivity contribution in [1.29, 1.82) is 0 Å². The topological polar surface area (TPSA) is 38.3 Å². The Kier molecular flexibility index (Phi) is 4.36. The summed E-state index contributed by atoms with van der Waals surface area (Å²) in [5.74, 6) is 0.720. The number of rotatable bonds is 3. The Balaban J connectivity index is 2.01. The highest BCUT2D eigenvalue weighted by Crippen LogP contribution is 2.25. The summed E-state index contributed by atoms with van der Waals surface area (Å²) in [5.41, 5.74) is 2.57. The third-order valence-corrected chi connectivity index (χ3v) is 3.50. The van der Waals surface area contributed by atoms with Gasteiger partial charge in [0.2, 0.25) is 0 Å². The molecule has 3 heteroatoms. The maximum absolute atomic E-state index is 12.0. The first-order chi connectivity index (χ1) is 9.35. The van der Waals surface area contributed by atoms with Crippen molar-refractivity contribution in [3.63, 3.8) is 0 Å². The lowest BCUT2D eigenvalue weighted by Crippen LogP contribution is -2.46. The highest BCUT2D eigenvalue weighted by molar-refractivity contribution is 5.81. The zero-order chi connectivity index (χ0) is 14.8. The third-order valence-electron chi connectivity index (χ3n) is 3.50. The first-order valence-electron chi connectivity index (χ1n) is 7.46. The van der Waals surface area contributed by atoms with Gasteiger partial charge < -0.3 is 10.1 Å². The van der Waals surface area contributed by atoms with Gasteiger partial charge in [0, 0.05) is 5.54 Å². The van der Waals surface area contributed by atoms with E-state index in [0.717, 1.165) is 18.6 Å². The van der Waals surface area contributed by atoms with Crippen LogP contribution in [0, 0.1) is 0 Å². The lowest BCUT2D eigenvalue weighted by molar-refractivity contribution is -0.128. The van der Waals surface area contributed by atoms with E-state index in [-0.39, 0.29) is 11.4 Å². The molecule has 1 unspecified atom stereocenters. The van der Waals surface area contributed by atoms with Crippen LogP contribution in [0.25, 0.3) is 0 Å². The quantitative estimate of drug-likeness (QED) is 0.919. The number of carbonyl (C=O) groups is 1. The molecule has 0 aliphatic heterocycles. The second-order valence-corrected chi connectivity index (χ2v) is 6.64. The van der Waals surface area contributed by atoms with Gasteiger partial charge in [-0.3, -0.25) is 4.79 Å². The lowest BCUT2D eigenvalue weighted by Gasteiger charge is -2.24. The predicted molar refractivity (Wildman–Crippen MR) is 81.1 cm³/mol. The van der Waals surface area contributed by atoms with E-state index in [1.165, 1.54) is 24.0 Å². The average molecular weight is 275 g/mol. The fourth-order valence-electron chi connectivity index (χ4n) is 2.51. The van der Waals surface area contributed by atoms with Crippen molar-refractivity contribution in [2.45, 2.75) is 65.0 Å². The van der Waals surface area contributed by atoms with Gasteiger partial charge >= 0.3 is 0 Å². The molecule has 1 amide bonds. The summed E-state index contributed by atoms with van der Waals surface area (Å²) in [7, 11) is 0. The highest BCUT2D eigenvalue weighted by Gasteiger charge is 2.21. The maximum Gasteiger partial charge on any atom is 0.261 e. The Morgan fingerprint density at radius 1 is 1.20 bits per heavy atom. The largest absolute Gasteiger partial charge is 0.481 e. The summed E-state index contributed by atoms with van der Waals surface area (Å²) in [6.07, 6.45) is 4.33. The molecule has 0 bridgehead atoms. The van der Waals surface area contributed by atoms with Crippen LogP contribution in [-0.2, 0) is 17.6 Å². The second-order valence-electron chi connectivity index (χ2n) is 6.64. The fraction of sp³-hybridized carbons (Fsp3) is 0.588. The molecule has 0 heterocycles. The summed E-state index contributed by atoms with van der Waals surface area (Å²) in [4.78, 5) is 12.0. The second kappa shape index (κ2) is 5.86. The molecule has 0 saturated heterocycles. The molecule has 110 valence electrons. The van der Waals surface area contributed by atoms with Crippen LogP contribution >= 0.6 is 0 Å². The van der Waals surface area contributed by atoms with Crippen molar-refractivity contribution in [2.24, 2.45) is 0 Å². The Morgan fingerprint density at radius 2 is 1.85 bits per heavy atom. The van der Waals surface area contributed by atoms with E-state index in [1.807, 2.05) is 26.8 Å². The molecule has 1 N–H and O–H groups in total. The number of hydrogen-bond donors (Lipinski definition) is 1. The van der Waals surface area contributed by atoms with Crippen LogP contribution in [0.15, 0.2) is 18.2 Å². The fourth-order valence-corrected chi connectivity index (χ4v) is 2.51. The first-order valence-corrected chi connectivity index (χ1v) is 7.46. The number of nitrogens with one attached hydrogen (secondary N) is 1. The van der Waals surface area contributed by atoms with E-state index >= 15 is 0 Å². The molecule has 1 aliphatic rings. The van der Waals surface area contributed by atoms with Gasteiger partial charge in [-0.15, -0.1) is 0 Å². The summed E-state index contributed by atoms with van der Waals surface area (Å²) in [5, 5.41) is 2.94. The number of carbonyl (C=O) groups excluding carboxylic acids is 1. The summed E-state index contributed by atoms with van der Waals surface area (Å²) >= 11 is 0. The van der Waals surface area contributed by atoms with Gasteiger partial charge in [0.05, 0.1) is 0 Å². The van der Waals surface area contributed by atoms with E-state index in [1.54, 1.807) is 6.92 Å². The van der Waals surface area contributed by atoms with Crippen LogP contribution in [0.5, 0.6) is 5.75 Å². The van der Waals surface area contributed by atoms with Crippen molar-refractivity contribution in [2.75, 3.05) is 0 Å². The molecule has 0 fully saturated rings. The molecule has 1 atom stereocenters. The Morgan fingerprint density at radius 3 is 2.50 bits per heavy atom. The number of aryl methyl sites for hydroxylation is 2. The van der Waals surface area contributed by atoms with Crippen LogP contribution in [0.4, 0.5) is 0 Å².